The fourth-order valence-electron chi connectivity index (χ4n) is 2.34. The van der Waals surface area contributed by atoms with E-state index in [1.807, 2.05) is 0 Å². The molecule has 3 rings (SSSR count). The number of aromatic nitrogens is 3. The van der Waals surface area contributed by atoms with Crippen LogP contribution in [0, 0.1) is 0 Å². The summed E-state index contributed by atoms with van der Waals surface area (Å²) in [4.78, 5) is 10.9. The molecule has 0 unspecified atom stereocenters. The van der Waals surface area contributed by atoms with Crippen molar-refractivity contribution in [2.45, 2.75) is 32.4 Å². The van der Waals surface area contributed by atoms with Crippen molar-refractivity contribution in [3.63, 3.8) is 0 Å². The summed E-state index contributed by atoms with van der Waals surface area (Å²) in [6.45, 7) is 1.23. The van der Waals surface area contributed by atoms with Crippen LogP contribution in [-0.2, 0) is 19.6 Å². The van der Waals surface area contributed by atoms with Gasteiger partial charge in [0.25, 0.3) is 0 Å². The molecule has 0 saturated carbocycles. The molecule has 0 amide bonds. The monoisotopic (exact) mass is 273 g/mol. The first-order valence-electron chi connectivity index (χ1n) is 6.61. The van der Waals surface area contributed by atoms with E-state index in [1.54, 1.807) is 12.1 Å². The van der Waals surface area contributed by atoms with Gasteiger partial charge in [-0.15, -0.1) is 10.2 Å². The summed E-state index contributed by atoms with van der Waals surface area (Å²) in [6, 6.07) is 6.45. The fourth-order valence-corrected chi connectivity index (χ4v) is 2.34. The SMILES string of the molecule is O=C(O)c1cccc(OCc2nnc3n2CCCC3)c1. The maximum absolute atomic E-state index is 10.9. The molecule has 0 atom stereocenters. The van der Waals surface area contributed by atoms with Crippen LogP contribution in [0.3, 0.4) is 0 Å². The second-order valence-corrected chi connectivity index (χ2v) is 4.76. The van der Waals surface area contributed by atoms with Gasteiger partial charge >= 0.3 is 5.97 Å². The Morgan fingerprint density at radius 3 is 3.10 bits per heavy atom. The summed E-state index contributed by atoms with van der Waals surface area (Å²) in [5.74, 6) is 1.36. The van der Waals surface area contributed by atoms with E-state index in [0.29, 0.717) is 12.4 Å². The van der Waals surface area contributed by atoms with Crippen LogP contribution in [0.1, 0.15) is 34.8 Å². The summed E-state index contributed by atoms with van der Waals surface area (Å²) in [5.41, 5.74) is 0.214. The van der Waals surface area contributed by atoms with Crippen molar-refractivity contribution in [3.05, 3.63) is 41.5 Å². The molecule has 0 radical (unpaired) electrons. The number of aromatic carboxylic acids is 1. The average Bonchev–Trinajstić information content (AvgIpc) is 2.89. The summed E-state index contributed by atoms with van der Waals surface area (Å²) < 4.78 is 7.71. The molecule has 1 aliphatic rings. The van der Waals surface area contributed by atoms with Gasteiger partial charge in [-0.05, 0) is 31.0 Å². The van der Waals surface area contributed by atoms with Gasteiger partial charge in [-0.1, -0.05) is 6.07 Å². The summed E-state index contributed by atoms with van der Waals surface area (Å²) in [5, 5.41) is 17.2. The van der Waals surface area contributed by atoms with Crippen molar-refractivity contribution in [1.29, 1.82) is 0 Å². The maximum atomic E-state index is 10.9. The lowest BCUT2D eigenvalue weighted by Gasteiger charge is -2.14. The first kappa shape index (κ1) is 12.7. The number of hydrogen-bond acceptors (Lipinski definition) is 4. The molecule has 1 aromatic heterocycles. The molecule has 0 spiro atoms. The van der Waals surface area contributed by atoms with E-state index in [1.165, 1.54) is 12.1 Å². The molecule has 2 heterocycles. The molecule has 6 nitrogen and oxygen atoms in total. The number of nitrogens with zero attached hydrogens (tertiary/aromatic N) is 3. The minimum atomic E-state index is -0.963. The van der Waals surface area contributed by atoms with Gasteiger partial charge in [-0.25, -0.2) is 4.79 Å². The lowest BCUT2D eigenvalue weighted by Crippen LogP contribution is -2.14. The molecule has 20 heavy (non-hydrogen) atoms. The molecule has 6 heteroatoms. The van der Waals surface area contributed by atoms with E-state index in [9.17, 15) is 4.79 Å². The third kappa shape index (κ3) is 2.49. The van der Waals surface area contributed by atoms with Crippen molar-refractivity contribution in [2.75, 3.05) is 0 Å². The zero-order valence-electron chi connectivity index (χ0n) is 11.0. The van der Waals surface area contributed by atoms with Gasteiger partial charge in [-0.3, -0.25) is 0 Å². The quantitative estimate of drug-likeness (QED) is 0.920. The molecular formula is C14H15N3O3. The van der Waals surface area contributed by atoms with E-state index in [2.05, 4.69) is 14.8 Å². The zero-order chi connectivity index (χ0) is 13.9. The van der Waals surface area contributed by atoms with E-state index in [-0.39, 0.29) is 5.56 Å². The fraction of sp³-hybridized carbons (Fsp3) is 0.357. The van der Waals surface area contributed by atoms with Gasteiger partial charge in [0.15, 0.2) is 5.82 Å². The third-order valence-electron chi connectivity index (χ3n) is 3.39. The zero-order valence-corrected chi connectivity index (χ0v) is 11.0. The Balaban J connectivity index is 1.72. The lowest BCUT2D eigenvalue weighted by atomic mass is 10.2. The number of aryl methyl sites for hydroxylation is 1. The van der Waals surface area contributed by atoms with E-state index < -0.39 is 5.97 Å². The van der Waals surface area contributed by atoms with Crippen molar-refractivity contribution in [1.82, 2.24) is 14.8 Å². The highest BCUT2D eigenvalue weighted by atomic mass is 16.5. The minimum Gasteiger partial charge on any atom is -0.486 e. The Labute approximate surface area is 116 Å². The number of rotatable bonds is 4. The summed E-state index contributed by atoms with van der Waals surface area (Å²) in [7, 11) is 0. The number of ether oxygens (including phenoxy) is 1. The van der Waals surface area contributed by atoms with Crippen LogP contribution in [0.15, 0.2) is 24.3 Å². The minimum absolute atomic E-state index is 0.214. The molecule has 104 valence electrons. The van der Waals surface area contributed by atoms with Crippen LogP contribution in [-0.4, -0.2) is 25.8 Å². The number of carboxylic acids is 1. The highest BCUT2D eigenvalue weighted by Gasteiger charge is 2.16. The molecular weight excluding hydrogens is 258 g/mol. The third-order valence-corrected chi connectivity index (χ3v) is 3.39. The van der Waals surface area contributed by atoms with Gasteiger partial charge in [0.2, 0.25) is 0 Å². The lowest BCUT2D eigenvalue weighted by molar-refractivity contribution is 0.0696. The Morgan fingerprint density at radius 2 is 2.25 bits per heavy atom. The van der Waals surface area contributed by atoms with E-state index in [0.717, 1.165) is 37.5 Å². The first-order valence-corrected chi connectivity index (χ1v) is 6.61. The molecule has 2 aromatic rings. The van der Waals surface area contributed by atoms with Crippen molar-refractivity contribution < 1.29 is 14.6 Å². The van der Waals surface area contributed by atoms with Gasteiger partial charge in [0, 0.05) is 13.0 Å². The van der Waals surface area contributed by atoms with Crippen molar-refractivity contribution in [2.24, 2.45) is 0 Å². The topological polar surface area (TPSA) is 77.2 Å². The second kappa shape index (κ2) is 5.32. The summed E-state index contributed by atoms with van der Waals surface area (Å²) in [6.07, 6.45) is 3.24. The number of carboxylic acid groups (broad SMARTS) is 1. The predicted molar refractivity (Wildman–Crippen MR) is 70.7 cm³/mol. The van der Waals surface area contributed by atoms with Crippen LogP contribution in [0.2, 0.25) is 0 Å². The van der Waals surface area contributed by atoms with Crippen LogP contribution < -0.4 is 4.74 Å². The smallest absolute Gasteiger partial charge is 0.335 e. The molecule has 1 aromatic carbocycles. The standard InChI is InChI=1S/C14H15N3O3/c18-14(19)10-4-3-5-11(8-10)20-9-13-16-15-12-6-1-2-7-17(12)13/h3-5,8H,1-2,6-7,9H2,(H,18,19). The molecule has 0 aliphatic carbocycles. The molecule has 1 aliphatic heterocycles. The normalized spacial score (nSPS) is 13.8. The van der Waals surface area contributed by atoms with E-state index in [4.69, 9.17) is 9.84 Å². The van der Waals surface area contributed by atoms with Crippen LogP contribution in [0.5, 0.6) is 5.75 Å². The van der Waals surface area contributed by atoms with E-state index >= 15 is 0 Å². The number of benzene rings is 1. The second-order valence-electron chi connectivity index (χ2n) is 4.76. The highest BCUT2D eigenvalue weighted by Crippen LogP contribution is 2.17. The first-order chi connectivity index (χ1) is 9.74. The number of hydrogen-bond donors (Lipinski definition) is 1. The van der Waals surface area contributed by atoms with Gasteiger partial charge in [0.1, 0.15) is 18.2 Å². The highest BCUT2D eigenvalue weighted by molar-refractivity contribution is 5.87. The molecule has 0 bridgehead atoms. The van der Waals surface area contributed by atoms with Crippen molar-refractivity contribution >= 4 is 5.97 Å². The van der Waals surface area contributed by atoms with Gasteiger partial charge < -0.3 is 14.4 Å². The molecule has 0 saturated heterocycles. The number of carbonyl (C=O) groups is 1. The van der Waals surface area contributed by atoms with Gasteiger partial charge in [-0.2, -0.15) is 0 Å². The Kier molecular flexibility index (Phi) is 3.37. The Morgan fingerprint density at radius 1 is 1.35 bits per heavy atom. The van der Waals surface area contributed by atoms with Crippen LogP contribution >= 0.6 is 0 Å². The molecule has 1 N–H and O–H groups in total. The van der Waals surface area contributed by atoms with Crippen molar-refractivity contribution in [3.8, 4) is 5.75 Å². The Hall–Kier alpha value is -2.37. The average molecular weight is 273 g/mol. The van der Waals surface area contributed by atoms with Gasteiger partial charge in [0.05, 0.1) is 5.56 Å². The maximum Gasteiger partial charge on any atom is 0.335 e. The Bertz CT molecular complexity index is 636. The number of fused-ring (bicyclic) bond motifs is 1. The summed E-state index contributed by atoms with van der Waals surface area (Å²) >= 11 is 0. The van der Waals surface area contributed by atoms with Crippen LogP contribution in [0.4, 0.5) is 0 Å². The predicted octanol–water partition coefficient (Wildman–Crippen LogP) is 1.89. The molecule has 0 fully saturated rings. The van der Waals surface area contributed by atoms with Crippen LogP contribution in [0.25, 0.3) is 0 Å². The largest absolute Gasteiger partial charge is 0.486 e.